The van der Waals surface area contributed by atoms with E-state index in [2.05, 4.69) is 26.6 Å². The highest BCUT2D eigenvalue weighted by molar-refractivity contribution is 6.30. The van der Waals surface area contributed by atoms with Crippen LogP contribution >= 0.6 is 11.6 Å². The third-order valence-corrected chi connectivity index (χ3v) is 4.26. The maximum absolute atomic E-state index is 13.5. The van der Waals surface area contributed by atoms with Gasteiger partial charge in [-0.25, -0.2) is 14.2 Å². The first-order chi connectivity index (χ1) is 13.5. The van der Waals surface area contributed by atoms with E-state index in [1.807, 2.05) is 19.9 Å². The number of halogens is 5. The molecule has 0 aliphatic rings. The number of nitrogens with one attached hydrogen (secondary N) is 2. The Morgan fingerprint density at radius 1 is 1.34 bits per heavy atom. The second kappa shape index (κ2) is 9.19. The quantitative estimate of drug-likeness (QED) is 0.526. The van der Waals surface area contributed by atoms with Crippen molar-refractivity contribution in [2.75, 3.05) is 0 Å². The Morgan fingerprint density at radius 3 is 2.59 bits per heavy atom. The molecule has 0 amide bonds. The number of aromatic amines is 1. The van der Waals surface area contributed by atoms with Gasteiger partial charge < -0.3 is 10.4 Å². The van der Waals surface area contributed by atoms with E-state index in [4.69, 9.17) is 21.5 Å². The highest BCUT2D eigenvalue weighted by Gasteiger charge is 2.38. The van der Waals surface area contributed by atoms with Crippen LogP contribution in [-0.4, -0.2) is 32.4 Å². The maximum atomic E-state index is 13.5. The van der Waals surface area contributed by atoms with Crippen LogP contribution < -0.4 is 5.32 Å². The summed E-state index contributed by atoms with van der Waals surface area (Å²) in [4.78, 5) is 13.2. The molecular formula is C18H17ClF4N4O2. The van der Waals surface area contributed by atoms with E-state index in [0.29, 0.717) is 12.2 Å². The number of H-pyrrole nitrogens is 1. The molecule has 156 valence electrons. The Balaban J connectivity index is 0.000000370. The summed E-state index contributed by atoms with van der Waals surface area (Å²) in [5.74, 6) is -3.16. The van der Waals surface area contributed by atoms with Crippen molar-refractivity contribution in [1.29, 1.82) is 0 Å². The molecular weight excluding hydrogens is 416 g/mol. The third-order valence-electron chi connectivity index (χ3n) is 3.96. The standard InChI is InChI=1S/C16H16ClFN4.C2HF3O2/c1-9(12-3-4-14(17)15(18)6-12)19-7-11-5-13-10(2)21-22-16(13)20-8-11;3-2(4,5)1(6)7/h3-6,8-9,19H,7H2,1-2H3,(H,20,21,22);(H,6,7). The average Bonchev–Trinajstić information content (AvgIpc) is 3.02. The number of hydrogen-bond acceptors (Lipinski definition) is 4. The fourth-order valence-corrected chi connectivity index (χ4v) is 2.45. The van der Waals surface area contributed by atoms with Crippen LogP contribution in [0.4, 0.5) is 17.6 Å². The summed E-state index contributed by atoms with van der Waals surface area (Å²) >= 11 is 5.71. The van der Waals surface area contributed by atoms with Crippen LogP contribution in [0.3, 0.4) is 0 Å². The molecule has 0 bridgehead atoms. The zero-order valence-corrected chi connectivity index (χ0v) is 16.1. The van der Waals surface area contributed by atoms with Gasteiger partial charge in [0.1, 0.15) is 5.82 Å². The zero-order chi connectivity index (χ0) is 21.8. The number of fused-ring (bicyclic) bond motifs is 1. The monoisotopic (exact) mass is 432 g/mol. The molecule has 0 fully saturated rings. The van der Waals surface area contributed by atoms with Gasteiger partial charge in [0.2, 0.25) is 0 Å². The first-order valence-electron chi connectivity index (χ1n) is 8.27. The number of nitrogens with zero attached hydrogens (tertiary/aromatic N) is 2. The smallest absolute Gasteiger partial charge is 0.475 e. The maximum Gasteiger partial charge on any atom is 0.490 e. The minimum Gasteiger partial charge on any atom is -0.475 e. The molecule has 29 heavy (non-hydrogen) atoms. The van der Waals surface area contributed by atoms with E-state index in [1.54, 1.807) is 12.3 Å². The molecule has 0 saturated heterocycles. The van der Waals surface area contributed by atoms with Crippen molar-refractivity contribution in [3.63, 3.8) is 0 Å². The first-order valence-corrected chi connectivity index (χ1v) is 8.65. The van der Waals surface area contributed by atoms with Crippen molar-refractivity contribution in [3.05, 3.63) is 58.1 Å². The first kappa shape index (κ1) is 22.6. The molecule has 6 nitrogen and oxygen atoms in total. The van der Waals surface area contributed by atoms with Gasteiger partial charge in [-0.2, -0.15) is 18.3 Å². The molecule has 1 atom stereocenters. The number of pyridine rings is 1. The van der Waals surface area contributed by atoms with Gasteiger partial charge in [-0.15, -0.1) is 0 Å². The summed E-state index contributed by atoms with van der Waals surface area (Å²) in [6, 6.07) is 6.93. The Morgan fingerprint density at radius 2 is 2.00 bits per heavy atom. The van der Waals surface area contributed by atoms with E-state index in [9.17, 15) is 17.6 Å². The predicted molar refractivity (Wildman–Crippen MR) is 99.0 cm³/mol. The summed E-state index contributed by atoms with van der Waals surface area (Å²) in [5.41, 5.74) is 3.62. The zero-order valence-electron chi connectivity index (χ0n) is 15.3. The van der Waals surface area contributed by atoms with Gasteiger partial charge in [-0.05, 0) is 43.2 Å². The lowest BCUT2D eigenvalue weighted by molar-refractivity contribution is -0.192. The lowest BCUT2D eigenvalue weighted by Gasteiger charge is -2.14. The van der Waals surface area contributed by atoms with Gasteiger partial charge in [0.15, 0.2) is 5.65 Å². The van der Waals surface area contributed by atoms with Crippen LogP contribution in [0.1, 0.15) is 29.8 Å². The van der Waals surface area contributed by atoms with Gasteiger partial charge in [0, 0.05) is 29.9 Å². The van der Waals surface area contributed by atoms with Crippen molar-refractivity contribution in [3.8, 4) is 0 Å². The minimum atomic E-state index is -5.08. The highest BCUT2D eigenvalue weighted by Crippen LogP contribution is 2.21. The van der Waals surface area contributed by atoms with E-state index >= 15 is 0 Å². The van der Waals surface area contributed by atoms with Crippen molar-refractivity contribution < 1.29 is 27.5 Å². The van der Waals surface area contributed by atoms with Gasteiger partial charge in [0.05, 0.1) is 5.02 Å². The molecule has 3 rings (SSSR count). The minimum absolute atomic E-state index is 0.00732. The lowest BCUT2D eigenvalue weighted by atomic mass is 10.1. The lowest BCUT2D eigenvalue weighted by Crippen LogP contribution is -2.21. The third kappa shape index (κ3) is 6.13. The Kier molecular flexibility index (Phi) is 7.15. The summed E-state index contributed by atoms with van der Waals surface area (Å²) in [5, 5.41) is 18.7. The van der Waals surface area contributed by atoms with E-state index < -0.39 is 18.0 Å². The molecule has 0 aliphatic carbocycles. The summed E-state index contributed by atoms with van der Waals surface area (Å²) in [6.07, 6.45) is -3.29. The second-order valence-electron chi connectivity index (χ2n) is 6.14. The topological polar surface area (TPSA) is 90.9 Å². The Hall–Kier alpha value is -2.72. The summed E-state index contributed by atoms with van der Waals surface area (Å²) in [6.45, 7) is 4.59. The van der Waals surface area contributed by atoms with Crippen LogP contribution in [-0.2, 0) is 11.3 Å². The van der Waals surface area contributed by atoms with Crippen molar-refractivity contribution >= 4 is 28.6 Å². The molecule has 0 radical (unpaired) electrons. The molecule has 11 heteroatoms. The number of rotatable bonds is 4. The predicted octanol–water partition coefficient (Wildman–Crippen LogP) is 4.54. The SMILES string of the molecule is Cc1[nH]nc2ncc(CNC(C)c3ccc(Cl)c(F)c3)cc12.O=C(O)C(F)(F)F. The van der Waals surface area contributed by atoms with Crippen LogP contribution in [0, 0.1) is 12.7 Å². The molecule has 0 spiro atoms. The van der Waals surface area contributed by atoms with Gasteiger partial charge >= 0.3 is 12.1 Å². The van der Waals surface area contributed by atoms with Crippen LogP contribution in [0.25, 0.3) is 11.0 Å². The molecule has 2 heterocycles. The normalized spacial score (nSPS) is 12.4. The molecule has 1 aromatic carbocycles. The largest absolute Gasteiger partial charge is 0.490 e. The number of aromatic nitrogens is 3. The van der Waals surface area contributed by atoms with Gasteiger partial charge in [-0.3, -0.25) is 5.10 Å². The molecule has 3 N–H and O–H groups in total. The summed E-state index contributed by atoms with van der Waals surface area (Å²) in [7, 11) is 0. The molecule has 0 aliphatic heterocycles. The van der Waals surface area contributed by atoms with Crippen molar-refractivity contribution in [2.24, 2.45) is 0 Å². The van der Waals surface area contributed by atoms with Crippen molar-refractivity contribution in [2.45, 2.75) is 32.6 Å². The number of carboxylic acids is 1. The Bertz CT molecular complexity index is 1010. The van der Waals surface area contributed by atoms with Gasteiger partial charge in [0.25, 0.3) is 0 Å². The van der Waals surface area contributed by atoms with Crippen LogP contribution in [0.5, 0.6) is 0 Å². The second-order valence-corrected chi connectivity index (χ2v) is 6.55. The number of carbonyl (C=O) groups is 1. The fraction of sp³-hybridized carbons (Fsp3) is 0.278. The average molecular weight is 433 g/mol. The van der Waals surface area contributed by atoms with Crippen LogP contribution in [0.2, 0.25) is 5.02 Å². The van der Waals surface area contributed by atoms with E-state index in [-0.39, 0.29) is 11.1 Å². The van der Waals surface area contributed by atoms with E-state index in [1.165, 1.54) is 6.07 Å². The molecule has 0 saturated carbocycles. The molecule has 1 unspecified atom stereocenters. The Labute approximate surface area is 167 Å². The van der Waals surface area contributed by atoms with E-state index in [0.717, 1.165) is 22.2 Å². The number of aliphatic carboxylic acids is 1. The summed E-state index contributed by atoms with van der Waals surface area (Å²) < 4.78 is 45.2. The highest BCUT2D eigenvalue weighted by atomic mass is 35.5. The van der Waals surface area contributed by atoms with Gasteiger partial charge in [-0.1, -0.05) is 17.7 Å². The molecule has 3 aromatic rings. The fourth-order valence-electron chi connectivity index (χ4n) is 2.33. The number of benzene rings is 1. The van der Waals surface area contributed by atoms with Crippen molar-refractivity contribution in [1.82, 2.24) is 20.5 Å². The number of hydrogen-bond donors (Lipinski definition) is 3. The molecule has 2 aromatic heterocycles. The number of aryl methyl sites for hydroxylation is 1. The van der Waals surface area contributed by atoms with Crippen LogP contribution in [0.15, 0.2) is 30.5 Å². The number of alkyl halides is 3. The number of carboxylic acid groups (broad SMARTS) is 1.